The van der Waals surface area contributed by atoms with E-state index in [4.69, 9.17) is 4.74 Å². The molecule has 3 nitrogen and oxygen atoms in total. The molecule has 1 heterocycles. The van der Waals surface area contributed by atoms with Crippen molar-refractivity contribution in [2.24, 2.45) is 0 Å². The van der Waals surface area contributed by atoms with Gasteiger partial charge in [-0.3, -0.25) is 4.79 Å². The second-order valence-electron chi connectivity index (χ2n) is 5.05. The van der Waals surface area contributed by atoms with E-state index in [1.54, 1.807) is 0 Å². The minimum Gasteiger partial charge on any atom is -0.459 e. The van der Waals surface area contributed by atoms with Crippen molar-refractivity contribution in [1.82, 2.24) is 5.32 Å². The number of carbonyl (C=O) groups is 1. The van der Waals surface area contributed by atoms with Crippen LogP contribution in [0, 0.1) is 0 Å². The van der Waals surface area contributed by atoms with Gasteiger partial charge in [0.15, 0.2) is 0 Å². The van der Waals surface area contributed by atoms with Crippen LogP contribution in [0.2, 0.25) is 0 Å². The number of rotatable bonds is 3. The molecule has 1 N–H and O–H groups in total. The summed E-state index contributed by atoms with van der Waals surface area (Å²) in [6.45, 7) is 9.37. The molecule has 15 heavy (non-hydrogen) atoms. The molecule has 1 rings (SSSR count). The number of nitrogens with one attached hydrogen (secondary N) is 1. The Morgan fingerprint density at radius 1 is 1.53 bits per heavy atom. The molecule has 3 heteroatoms. The minimum atomic E-state index is -0.394. The first-order valence-electron chi connectivity index (χ1n) is 5.52. The molecular weight excluding hydrogens is 190 g/mol. The summed E-state index contributed by atoms with van der Waals surface area (Å²) in [5, 5.41) is 3.27. The van der Waals surface area contributed by atoms with Crippen LogP contribution in [-0.2, 0) is 9.53 Å². The van der Waals surface area contributed by atoms with Crippen molar-refractivity contribution in [1.29, 1.82) is 0 Å². The summed E-state index contributed by atoms with van der Waals surface area (Å²) < 4.78 is 5.32. The molecule has 1 aliphatic rings. The van der Waals surface area contributed by atoms with Crippen molar-refractivity contribution in [2.75, 3.05) is 0 Å². The van der Waals surface area contributed by atoms with Crippen molar-refractivity contribution in [3.05, 3.63) is 12.7 Å². The SMILES string of the molecule is C=CCC1CC[C@H](C(=O)OC(C)(C)C)N1. The molecule has 0 aliphatic carbocycles. The zero-order valence-electron chi connectivity index (χ0n) is 9.88. The Morgan fingerprint density at radius 2 is 2.20 bits per heavy atom. The largest absolute Gasteiger partial charge is 0.459 e. The van der Waals surface area contributed by atoms with E-state index in [-0.39, 0.29) is 12.0 Å². The third-order valence-electron chi connectivity index (χ3n) is 2.38. The Labute approximate surface area is 91.9 Å². The quantitative estimate of drug-likeness (QED) is 0.573. The third kappa shape index (κ3) is 4.04. The van der Waals surface area contributed by atoms with Crippen LogP contribution in [0.3, 0.4) is 0 Å². The number of carbonyl (C=O) groups excluding carboxylic acids is 1. The molecule has 2 atom stereocenters. The molecule has 0 aromatic rings. The topological polar surface area (TPSA) is 38.3 Å². The highest BCUT2D eigenvalue weighted by Gasteiger charge is 2.31. The molecule has 0 aromatic carbocycles. The zero-order valence-corrected chi connectivity index (χ0v) is 9.88. The van der Waals surface area contributed by atoms with Gasteiger partial charge in [0.2, 0.25) is 0 Å². The highest BCUT2D eigenvalue weighted by atomic mass is 16.6. The van der Waals surface area contributed by atoms with Gasteiger partial charge < -0.3 is 10.1 Å². The highest BCUT2D eigenvalue weighted by molar-refractivity contribution is 5.76. The van der Waals surface area contributed by atoms with Crippen LogP contribution in [-0.4, -0.2) is 23.7 Å². The van der Waals surface area contributed by atoms with E-state index in [1.807, 2.05) is 26.8 Å². The number of esters is 1. The minimum absolute atomic E-state index is 0.130. The van der Waals surface area contributed by atoms with E-state index >= 15 is 0 Å². The number of ether oxygens (including phenoxy) is 1. The molecule has 1 fully saturated rings. The molecule has 1 saturated heterocycles. The summed E-state index contributed by atoms with van der Waals surface area (Å²) in [7, 11) is 0. The second kappa shape index (κ2) is 4.79. The smallest absolute Gasteiger partial charge is 0.323 e. The highest BCUT2D eigenvalue weighted by Crippen LogP contribution is 2.18. The third-order valence-corrected chi connectivity index (χ3v) is 2.38. The van der Waals surface area contributed by atoms with E-state index in [0.717, 1.165) is 19.3 Å². The first-order chi connectivity index (χ1) is 6.92. The van der Waals surface area contributed by atoms with E-state index in [2.05, 4.69) is 11.9 Å². The van der Waals surface area contributed by atoms with Crippen LogP contribution < -0.4 is 5.32 Å². The van der Waals surface area contributed by atoms with E-state index in [9.17, 15) is 4.79 Å². The van der Waals surface area contributed by atoms with Crippen LogP contribution in [0.25, 0.3) is 0 Å². The van der Waals surface area contributed by atoms with Crippen LogP contribution in [0.4, 0.5) is 0 Å². The summed E-state index contributed by atoms with van der Waals surface area (Å²) in [5.41, 5.74) is -0.394. The zero-order chi connectivity index (χ0) is 11.5. The number of hydrogen-bond donors (Lipinski definition) is 1. The van der Waals surface area contributed by atoms with Crippen LogP contribution >= 0.6 is 0 Å². The molecule has 1 unspecified atom stereocenters. The molecular formula is C12H21NO2. The summed E-state index contributed by atoms with van der Waals surface area (Å²) in [5.74, 6) is -0.130. The maximum atomic E-state index is 11.7. The molecule has 0 bridgehead atoms. The van der Waals surface area contributed by atoms with Gasteiger partial charge in [-0.25, -0.2) is 0 Å². The summed E-state index contributed by atoms with van der Waals surface area (Å²) in [4.78, 5) is 11.7. The predicted octanol–water partition coefficient (Wildman–Crippen LogP) is 2.02. The average Bonchev–Trinajstić information content (AvgIpc) is 2.50. The molecule has 0 saturated carbocycles. The lowest BCUT2D eigenvalue weighted by Gasteiger charge is -2.22. The van der Waals surface area contributed by atoms with E-state index in [1.165, 1.54) is 0 Å². The Bertz CT molecular complexity index is 242. The monoisotopic (exact) mass is 211 g/mol. The lowest BCUT2D eigenvalue weighted by molar-refractivity contribution is -0.157. The normalized spacial score (nSPS) is 26.3. The van der Waals surface area contributed by atoms with E-state index < -0.39 is 5.60 Å². The Kier molecular flexibility index (Phi) is 3.91. The Hall–Kier alpha value is -0.830. The van der Waals surface area contributed by atoms with Crippen molar-refractivity contribution < 1.29 is 9.53 Å². The van der Waals surface area contributed by atoms with Crippen LogP contribution in [0.1, 0.15) is 40.0 Å². The van der Waals surface area contributed by atoms with Crippen molar-refractivity contribution >= 4 is 5.97 Å². The molecule has 0 aromatic heterocycles. The standard InChI is InChI=1S/C12H21NO2/c1-5-6-9-7-8-10(13-9)11(14)15-12(2,3)4/h5,9-10,13H,1,6-8H2,2-4H3/t9?,10-/m1/s1. The fraction of sp³-hybridized carbons (Fsp3) is 0.750. The first-order valence-corrected chi connectivity index (χ1v) is 5.52. The van der Waals surface area contributed by atoms with Gasteiger partial charge in [0.1, 0.15) is 11.6 Å². The predicted molar refractivity (Wildman–Crippen MR) is 60.6 cm³/mol. The van der Waals surface area contributed by atoms with Crippen LogP contribution in [0.15, 0.2) is 12.7 Å². The van der Waals surface area contributed by atoms with Gasteiger partial charge in [0, 0.05) is 6.04 Å². The van der Waals surface area contributed by atoms with Gasteiger partial charge in [-0.15, -0.1) is 6.58 Å². The summed E-state index contributed by atoms with van der Waals surface area (Å²) >= 11 is 0. The molecule has 0 spiro atoms. The lowest BCUT2D eigenvalue weighted by Crippen LogP contribution is -2.39. The average molecular weight is 211 g/mol. The van der Waals surface area contributed by atoms with Crippen molar-refractivity contribution in [2.45, 2.75) is 57.7 Å². The molecule has 0 amide bonds. The fourth-order valence-corrected chi connectivity index (χ4v) is 1.76. The maximum absolute atomic E-state index is 11.7. The fourth-order valence-electron chi connectivity index (χ4n) is 1.76. The van der Waals surface area contributed by atoms with Gasteiger partial charge >= 0.3 is 5.97 Å². The number of hydrogen-bond acceptors (Lipinski definition) is 3. The van der Waals surface area contributed by atoms with Gasteiger partial charge in [0.25, 0.3) is 0 Å². The van der Waals surface area contributed by atoms with E-state index in [0.29, 0.717) is 6.04 Å². The van der Waals surface area contributed by atoms with Gasteiger partial charge in [0.05, 0.1) is 0 Å². The van der Waals surface area contributed by atoms with Crippen molar-refractivity contribution in [3.8, 4) is 0 Å². The Balaban J connectivity index is 2.40. The van der Waals surface area contributed by atoms with Gasteiger partial charge in [-0.2, -0.15) is 0 Å². The van der Waals surface area contributed by atoms with Gasteiger partial charge in [-0.05, 0) is 40.0 Å². The van der Waals surface area contributed by atoms with Gasteiger partial charge in [-0.1, -0.05) is 6.08 Å². The molecule has 1 aliphatic heterocycles. The summed E-state index contributed by atoms with van der Waals surface area (Å²) in [6, 6.07) is 0.259. The molecule has 0 radical (unpaired) electrons. The Morgan fingerprint density at radius 3 is 2.73 bits per heavy atom. The van der Waals surface area contributed by atoms with Crippen LogP contribution in [0.5, 0.6) is 0 Å². The lowest BCUT2D eigenvalue weighted by atomic mass is 10.1. The second-order valence-corrected chi connectivity index (χ2v) is 5.05. The first kappa shape index (κ1) is 12.2. The maximum Gasteiger partial charge on any atom is 0.323 e. The van der Waals surface area contributed by atoms with Crippen molar-refractivity contribution in [3.63, 3.8) is 0 Å². The molecule has 86 valence electrons. The summed E-state index contributed by atoms with van der Waals surface area (Å²) in [6.07, 6.45) is 4.69.